The first kappa shape index (κ1) is 21.2. The highest BCUT2D eigenvalue weighted by Crippen LogP contribution is 2.34. The van der Waals surface area contributed by atoms with Crippen molar-refractivity contribution in [1.82, 2.24) is 4.90 Å². The van der Waals surface area contributed by atoms with Crippen molar-refractivity contribution in [2.75, 3.05) is 49.1 Å². The van der Waals surface area contributed by atoms with Gasteiger partial charge in [0, 0.05) is 72.0 Å². The normalized spacial score (nSPS) is 19.4. The van der Waals surface area contributed by atoms with Gasteiger partial charge in [-0.1, -0.05) is 0 Å². The van der Waals surface area contributed by atoms with Crippen LogP contribution in [-0.4, -0.2) is 56.1 Å². The fourth-order valence-corrected chi connectivity index (χ4v) is 6.08. The minimum Gasteiger partial charge on any atom is -0.370 e. The number of piperazine rings is 1. The monoisotopic (exact) mass is 452 g/mol. The van der Waals surface area contributed by atoms with E-state index in [0.29, 0.717) is 11.6 Å². The summed E-state index contributed by atoms with van der Waals surface area (Å²) in [6, 6.07) is 11.4. The number of thiophene rings is 1. The molecule has 1 amide bonds. The summed E-state index contributed by atoms with van der Waals surface area (Å²) < 4.78 is 14.6. The van der Waals surface area contributed by atoms with Gasteiger partial charge in [-0.2, -0.15) is 0 Å². The van der Waals surface area contributed by atoms with Crippen molar-refractivity contribution in [3.63, 3.8) is 0 Å². The molecule has 1 saturated heterocycles. The van der Waals surface area contributed by atoms with E-state index >= 15 is 0 Å². The quantitative estimate of drug-likeness (QED) is 0.633. The SMILES string of the molecule is C[C@@H]1CN(c2csc3cc(F)ccc23)CCN1CCN1CCCc2cc(C(N)=O)ccc21. The zero-order valence-electron chi connectivity index (χ0n) is 18.4. The first-order chi connectivity index (χ1) is 15.5. The number of aryl methyl sites for hydroxylation is 1. The molecule has 7 heteroatoms. The number of primary amides is 1. The number of nitrogens with zero attached hydrogens (tertiary/aromatic N) is 3. The lowest BCUT2D eigenvalue weighted by atomic mass is 9.99. The van der Waals surface area contributed by atoms with Crippen LogP contribution in [0, 0.1) is 5.82 Å². The Hall–Kier alpha value is -2.64. The molecule has 0 aliphatic carbocycles. The minimum absolute atomic E-state index is 0.172. The number of halogens is 1. The van der Waals surface area contributed by atoms with Gasteiger partial charge >= 0.3 is 0 Å². The van der Waals surface area contributed by atoms with Gasteiger partial charge in [0.25, 0.3) is 0 Å². The van der Waals surface area contributed by atoms with Crippen molar-refractivity contribution >= 4 is 38.7 Å². The first-order valence-electron chi connectivity index (χ1n) is 11.3. The van der Waals surface area contributed by atoms with Crippen LogP contribution in [0.2, 0.25) is 0 Å². The van der Waals surface area contributed by atoms with Gasteiger partial charge in [-0.05, 0) is 61.7 Å². The van der Waals surface area contributed by atoms with E-state index in [4.69, 9.17) is 5.73 Å². The van der Waals surface area contributed by atoms with Gasteiger partial charge in [0.2, 0.25) is 5.91 Å². The second-order valence-corrected chi connectivity index (χ2v) is 9.80. The van der Waals surface area contributed by atoms with E-state index < -0.39 is 0 Å². The van der Waals surface area contributed by atoms with E-state index in [1.165, 1.54) is 16.9 Å². The van der Waals surface area contributed by atoms with Crippen LogP contribution in [0.1, 0.15) is 29.3 Å². The van der Waals surface area contributed by atoms with Gasteiger partial charge in [0.15, 0.2) is 0 Å². The predicted octanol–water partition coefficient (Wildman–Crippen LogP) is 4.10. The highest BCUT2D eigenvalue weighted by Gasteiger charge is 2.26. The van der Waals surface area contributed by atoms with Gasteiger partial charge in [-0.25, -0.2) is 4.39 Å². The third-order valence-corrected chi connectivity index (χ3v) is 7.79. The summed E-state index contributed by atoms with van der Waals surface area (Å²) in [5, 5.41) is 3.31. The fraction of sp³-hybridized carbons (Fsp3) is 0.400. The van der Waals surface area contributed by atoms with Crippen molar-refractivity contribution in [2.45, 2.75) is 25.8 Å². The summed E-state index contributed by atoms with van der Waals surface area (Å²) in [6.45, 7) is 8.31. The Kier molecular flexibility index (Phi) is 5.78. The molecule has 0 saturated carbocycles. The van der Waals surface area contributed by atoms with Crippen molar-refractivity contribution < 1.29 is 9.18 Å². The standard InChI is InChI=1S/C25H29FN4OS/c1-17-15-30(23-16-32-24-14-20(26)5-6-21(23)24)12-10-28(17)9-11-29-8-2-3-18-13-19(25(27)31)4-7-22(18)29/h4-7,13-14,16-17H,2-3,8-12,15H2,1H3,(H2,27,31)/t17-/m1/s1. The average molecular weight is 453 g/mol. The van der Waals surface area contributed by atoms with Gasteiger partial charge in [0.05, 0.1) is 5.69 Å². The highest BCUT2D eigenvalue weighted by molar-refractivity contribution is 7.17. The van der Waals surface area contributed by atoms with E-state index in [-0.39, 0.29) is 11.7 Å². The Bertz CT molecular complexity index is 1150. The lowest BCUT2D eigenvalue weighted by molar-refractivity contribution is 0.1000. The molecule has 2 aliphatic heterocycles. The van der Waals surface area contributed by atoms with Gasteiger partial charge in [-0.15, -0.1) is 11.3 Å². The molecule has 2 aliphatic rings. The van der Waals surface area contributed by atoms with Gasteiger partial charge < -0.3 is 15.5 Å². The van der Waals surface area contributed by atoms with Crippen LogP contribution >= 0.6 is 11.3 Å². The minimum atomic E-state index is -0.361. The fourth-order valence-electron chi connectivity index (χ4n) is 5.09. The molecule has 2 aromatic carbocycles. The molecule has 32 heavy (non-hydrogen) atoms. The first-order valence-corrected chi connectivity index (χ1v) is 12.2. The number of hydrogen-bond donors (Lipinski definition) is 1. The number of benzene rings is 2. The molecule has 1 aromatic heterocycles. The number of nitrogens with two attached hydrogens (primary N) is 1. The van der Waals surface area contributed by atoms with E-state index in [2.05, 4.69) is 33.1 Å². The Balaban J connectivity index is 1.22. The van der Waals surface area contributed by atoms with E-state index in [0.717, 1.165) is 62.2 Å². The molecule has 0 radical (unpaired) electrons. The summed E-state index contributed by atoms with van der Waals surface area (Å²) in [7, 11) is 0. The number of carbonyl (C=O) groups is 1. The summed E-state index contributed by atoms with van der Waals surface area (Å²) in [5.41, 5.74) is 9.75. The van der Waals surface area contributed by atoms with Crippen LogP contribution in [0.15, 0.2) is 41.8 Å². The van der Waals surface area contributed by atoms with Crippen LogP contribution in [0.25, 0.3) is 10.1 Å². The van der Waals surface area contributed by atoms with Gasteiger partial charge in [-0.3, -0.25) is 9.69 Å². The Morgan fingerprint density at radius 3 is 2.81 bits per heavy atom. The molecule has 3 heterocycles. The molecule has 5 rings (SSSR count). The number of fused-ring (bicyclic) bond motifs is 2. The van der Waals surface area contributed by atoms with Crippen LogP contribution in [-0.2, 0) is 6.42 Å². The zero-order valence-corrected chi connectivity index (χ0v) is 19.2. The van der Waals surface area contributed by atoms with Crippen molar-refractivity contribution in [3.8, 4) is 0 Å². The lowest BCUT2D eigenvalue weighted by Gasteiger charge is -2.42. The number of amides is 1. The maximum atomic E-state index is 13.5. The third kappa shape index (κ3) is 4.07. The van der Waals surface area contributed by atoms with Crippen LogP contribution in [0.5, 0.6) is 0 Å². The third-order valence-electron chi connectivity index (χ3n) is 6.86. The molecular formula is C25H29FN4OS. The number of carbonyl (C=O) groups excluding carboxylic acids is 1. The van der Waals surface area contributed by atoms with Crippen molar-refractivity contribution in [3.05, 3.63) is 58.7 Å². The van der Waals surface area contributed by atoms with E-state index in [1.54, 1.807) is 23.5 Å². The van der Waals surface area contributed by atoms with Crippen LogP contribution < -0.4 is 15.5 Å². The largest absolute Gasteiger partial charge is 0.370 e. The molecule has 2 N–H and O–H groups in total. The maximum absolute atomic E-state index is 13.5. The van der Waals surface area contributed by atoms with E-state index in [9.17, 15) is 9.18 Å². The molecule has 0 unspecified atom stereocenters. The number of hydrogen-bond acceptors (Lipinski definition) is 5. The summed E-state index contributed by atoms with van der Waals surface area (Å²) in [5.74, 6) is -0.533. The molecule has 3 aromatic rings. The molecule has 168 valence electrons. The highest BCUT2D eigenvalue weighted by atomic mass is 32.1. The molecular weight excluding hydrogens is 423 g/mol. The molecule has 0 spiro atoms. The summed E-state index contributed by atoms with van der Waals surface area (Å²) >= 11 is 1.62. The molecule has 5 nitrogen and oxygen atoms in total. The van der Waals surface area contributed by atoms with Crippen molar-refractivity contribution in [1.29, 1.82) is 0 Å². The predicted molar refractivity (Wildman–Crippen MR) is 131 cm³/mol. The van der Waals surface area contributed by atoms with Crippen LogP contribution in [0.3, 0.4) is 0 Å². The Morgan fingerprint density at radius 2 is 2.00 bits per heavy atom. The second kappa shape index (κ2) is 8.71. The number of rotatable bonds is 5. The smallest absolute Gasteiger partial charge is 0.248 e. The Morgan fingerprint density at radius 1 is 1.12 bits per heavy atom. The zero-order chi connectivity index (χ0) is 22.2. The Labute approximate surface area is 192 Å². The molecule has 1 atom stereocenters. The van der Waals surface area contributed by atoms with E-state index in [1.807, 2.05) is 18.2 Å². The van der Waals surface area contributed by atoms with Gasteiger partial charge in [0.1, 0.15) is 5.82 Å². The molecule has 0 bridgehead atoms. The lowest BCUT2D eigenvalue weighted by Crippen LogP contribution is -2.53. The average Bonchev–Trinajstić information content (AvgIpc) is 3.20. The second-order valence-electron chi connectivity index (χ2n) is 8.89. The summed E-state index contributed by atoms with van der Waals surface area (Å²) in [4.78, 5) is 19.0. The maximum Gasteiger partial charge on any atom is 0.248 e. The summed E-state index contributed by atoms with van der Waals surface area (Å²) in [6.07, 6.45) is 2.10. The topological polar surface area (TPSA) is 52.8 Å². The van der Waals surface area contributed by atoms with Crippen LogP contribution in [0.4, 0.5) is 15.8 Å². The molecule has 1 fully saturated rings. The number of anilines is 2. The van der Waals surface area contributed by atoms with Crippen molar-refractivity contribution in [2.24, 2.45) is 5.73 Å².